The Bertz CT molecular complexity index is 6320. The van der Waals surface area contributed by atoms with Crippen molar-refractivity contribution < 1.29 is 84.4 Å². The summed E-state index contributed by atoms with van der Waals surface area (Å²) in [6.45, 7) is 29.1. The molecule has 3 N–H and O–H groups in total. The maximum Gasteiger partial charge on any atom is 0.171 e. The van der Waals surface area contributed by atoms with Gasteiger partial charge in [0.1, 0.15) is 78.6 Å². The van der Waals surface area contributed by atoms with Gasteiger partial charge in [0.05, 0.1) is 46.7 Å². The van der Waals surface area contributed by atoms with Gasteiger partial charge in [-0.25, -0.2) is 36.9 Å². The molecule has 15 rings (SSSR count). The summed E-state index contributed by atoms with van der Waals surface area (Å²) in [5, 5.41) is 23.6. The summed E-state index contributed by atoms with van der Waals surface area (Å²) >= 11 is 0. The number of phenolic OH excluding ortho intramolecular Hbond substituents is 1. The molecule has 6 heterocycles. The molecule has 0 spiro atoms. The number of fused-ring (bicyclic) bond motifs is 3. The highest BCUT2D eigenvalue weighted by atomic mass is 28.3. The first-order valence-electron chi connectivity index (χ1n) is 44.1. The molecule has 1 unspecified atom stereocenters. The van der Waals surface area contributed by atoms with Gasteiger partial charge in [0.2, 0.25) is 0 Å². The van der Waals surface area contributed by atoms with E-state index in [1.165, 1.54) is 51.7 Å². The number of aliphatic hydroxyl groups is 1. The molecule has 0 fully saturated rings. The number of carbonyl (C=O) groups excluding carboxylic acids is 2. The third-order valence-corrected chi connectivity index (χ3v) is 37.7. The number of H-pyrrole nitrogens is 1. The number of phenols is 1. The van der Waals surface area contributed by atoms with Crippen LogP contribution in [0.15, 0.2) is 256 Å². The van der Waals surface area contributed by atoms with Gasteiger partial charge in [0, 0.05) is 108 Å². The lowest BCUT2D eigenvalue weighted by Crippen LogP contribution is -2.51. The minimum absolute atomic E-state index is 0. The average Bonchev–Trinajstić information content (AvgIpc) is 1.56. The number of aliphatic hydroxyl groups excluding tert-OH is 1. The van der Waals surface area contributed by atoms with Gasteiger partial charge in [-0.3, -0.25) is 9.59 Å². The van der Waals surface area contributed by atoms with Crippen LogP contribution >= 0.6 is 0 Å². The molecule has 15 aromatic rings. The Kier molecular flexibility index (Phi) is 36.5. The largest absolute Gasteiger partial charge is 0.504 e. The van der Waals surface area contributed by atoms with E-state index < -0.39 is 40.0 Å². The van der Waals surface area contributed by atoms with Crippen LogP contribution in [0.1, 0.15) is 173 Å². The number of aromatic nitrogens is 6. The highest BCUT2D eigenvalue weighted by Crippen LogP contribution is 2.49. The molecule has 19 nitrogen and oxygen atoms in total. The molecule has 1 atom stereocenters. The van der Waals surface area contributed by atoms with Crippen molar-refractivity contribution in [3.8, 4) is 57.5 Å². The zero-order valence-electron chi connectivity index (χ0n) is 78.2. The molecule has 0 saturated heterocycles. The van der Waals surface area contributed by atoms with E-state index in [9.17, 15) is 27.9 Å². The number of rotatable bonds is 33. The van der Waals surface area contributed by atoms with Gasteiger partial charge in [-0.2, -0.15) is 0 Å². The summed E-state index contributed by atoms with van der Waals surface area (Å²) in [5.41, 5.74) is 13.3. The second kappa shape index (κ2) is 47.7. The number of pyridine rings is 3. The number of hydrogen-bond donors (Lipinski definition) is 3. The SMILES string of the molecule is C.COc1cc(C(O)c2cn([Si](C(C)C)(C(C)C)C(C)C)c3ncccc23)c(F)cc1OCc1ccccc1.COc1cc(C=O)c(F)cc1O.COc1cc(C=O)c(F)cc1OCc1ccccc1.COc1cc(Cc2c[nH]c3ncccc23)c(F)cc1OCc1ccccc1.COc1cc(Cc2cn([Si](C(C)C)(C(C)C)C(C)C)c3ncccc23)c(F)cc1OCc1ccccc1. The fourth-order valence-corrected chi connectivity index (χ4v) is 31.4. The van der Waals surface area contributed by atoms with E-state index in [2.05, 4.69) is 119 Å². The normalized spacial score (nSPS) is 11.5. The van der Waals surface area contributed by atoms with E-state index in [0.29, 0.717) is 135 Å². The maximum absolute atomic E-state index is 15.5. The number of aldehydes is 2. The number of aromatic amines is 1. The number of nitrogens with one attached hydrogen (secondary N) is 1. The Morgan fingerprint density at radius 3 is 1.10 bits per heavy atom. The Morgan fingerprint density at radius 2 is 0.694 bits per heavy atom. The van der Waals surface area contributed by atoms with Crippen molar-refractivity contribution >= 4 is 62.1 Å². The van der Waals surface area contributed by atoms with E-state index in [1.54, 1.807) is 38.7 Å². The second-order valence-corrected chi connectivity index (χ2v) is 45.5. The standard InChI is InChI=1S/C31H39FN2O3Si.C31H39FN2O2Si.C22H19FN2O2.C15H13FO3.C8H7FO3.CH4/c1-20(2)38(21(3)4,22(5)6)34-18-26(24-14-11-15-33-31(24)34)30(35)25-16-28(36-7)29(17-27(25)32)37-19-23-12-9-8-10-13-23;1-21(2)37(22(3)4,23(5)6)34-19-26(27-14-11-15-33-31(27)34)16-25-17-29(35-7)30(18-28(25)32)36-20-24-12-9-8-10-13-24;1-26-20-11-16(10-17-13-25-22-18(17)8-5-9-24-22)19(23)12-21(20)27-14-15-6-3-2-4-7-15;1-18-14-7-12(9-17)13(16)8-15(14)19-10-11-5-3-2-4-6-11;1-12-8-2-5(4-10)6(9)3-7(8)11;/h8-18,20-22,30,35H,19H2,1-7H3;8-15,17-19,21-23H,16,20H2,1-7H3;2-9,11-13H,10,14H2,1H3,(H,24,25);2-9H,10H2,1H3;2-4,11H,1H3;1H4. The minimum Gasteiger partial charge on any atom is -0.504 e. The highest BCUT2D eigenvalue weighted by Gasteiger charge is 2.48. The van der Waals surface area contributed by atoms with Crippen LogP contribution in [0.25, 0.3) is 33.1 Å². The van der Waals surface area contributed by atoms with E-state index in [1.807, 2.05) is 170 Å². The molecule has 9 aromatic carbocycles. The first-order valence-corrected chi connectivity index (χ1v) is 48.5. The van der Waals surface area contributed by atoms with E-state index in [0.717, 1.165) is 84.7 Å². The number of halogens is 5. The molecule has 0 aliphatic heterocycles. The smallest absolute Gasteiger partial charge is 0.171 e. The van der Waals surface area contributed by atoms with Crippen LogP contribution in [0, 0.1) is 29.1 Å². The van der Waals surface area contributed by atoms with Crippen LogP contribution in [-0.2, 0) is 39.3 Å². The highest BCUT2D eigenvalue weighted by molar-refractivity contribution is 6.83. The fourth-order valence-electron chi connectivity index (χ4n) is 18.2. The molecular formula is C108H121F5N6O13Si2. The van der Waals surface area contributed by atoms with Crippen molar-refractivity contribution in [3.05, 3.63) is 351 Å². The first kappa shape index (κ1) is 103. The van der Waals surface area contributed by atoms with Crippen molar-refractivity contribution in [2.75, 3.05) is 35.5 Å². The molecule has 0 saturated carbocycles. The summed E-state index contributed by atoms with van der Waals surface area (Å²) in [4.78, 5) is 37.9. The minimum atomic E-state index is -2.17. The Morgan fingerprint density at radius 1 is 0.358 bits per heavy atom. The molecule has 0 radical (unpaired) electrons. The Labute approximate surface area is 784 Å². The number of hydrogen-bond acceptors (Lipinski definition) is 16. The Balaban J connectivity index is 0.000000181. The third-order valence-electron chi connectivity index (χ3n) is 24.2. The lowest BCUT2D eigenvalue weighted by Gasteiger charge is -2.44. The summed E-state index contributed by atoms with van der Waals surface area (Å²) in [5.74, 6) is 0.316. The lowest BCUT2D eigenvalue weighted by atomic mass is 10.0. The van der Waals surface area contributed by atoms with Crippen molar-refractivity contribution in [3.63, 3.8) is 0 Å². The monoisotopic (exact) mass is 1860 g/mol. The van der Waals surface area contributed by atoms with Crippen LogP contribution in [0.4, 0.5) is 22.0 Å². The molecule has 0 bridgehead atoms. The maximum atomic E-state index is 15.5. The third kappa shape index (κ3) is 23.7. The van der Waals surface area contributed by atoms with Gasteiger partial charge in [0.15, 0.2) is 86.5 Å². The average molecular weight is 1860 g/mol. The molecule has 134 heavy (non-hydrogen) atoms. The van der Waals surface area contributed by atoms with E-state index in [-0.39, 0.29) is 59.6 Å². The zero-order chi connectivity index (χ0) is 95.8. The van der Waals surface area contributed by atoms with Gasteiger partial charge in [0.25, 0.3) is 0 Å². The number of benzene rings is 9. The quantitative estimate of drug-likeness (QED) is 0.0198. The van der Waals surface area contributed by atoms with Gasteiger partial charge < -0.3 is 66.3 Å². The predicted molar refractivity (Wildman–Crippen MR) is 525 cm³/mol. The molecule has 26 heteroatoms. The van der Waals surface area contributed by atoms with Crippen molar-refractivity contribution in [1.82, 2.24) is 28.4 Å². The summed E-state index contributed by atoms with van der Waals surface area (Å²) in [6.07, 6.45) is 12.0. The van der Waals surface area contributed by atoms with Gasteiger partial charge in [-0.1, -0.05) is 212 Å². The van der Waals surface area contributed by atoms with Gasteiger partial charge in [-0.15, -0.1) is 0 Å². The molecule has 704 valence electrons. The molecule has 0 aliphatic rings. The lowest BCUT2D eigenvalue weighted by molar-refractivity contribution is 0.111. The summed E-state index contributed by atoms with van der Waals surface area (Å²) < 4.78 is 126. The number of methoxy groups -OCH3 is 5. The Hall–Kier alpha value is -13.6. The van der Waals surface area contributed by atoms with Crippen molar-refractivity contribution in [1.29, 1.82) is 0 Å². The number of ether oxygens (including phenoxy) is 9. The van der Waals surface area contributed by atoms with Gasteiger partial charge in [-0.05, 0) is 144 Å². The van der Waals surface area contributed by atoms with Crippen LogP contribution in [-0.4, -0.2) is 103 Å². The fraction of sp³-hybridized carbons (Fsp3) is 0.287. The van der Waals surface area contributed by atoms with Crippen LogP contribution < -0.4 is 42.6 Å². The number of aromatic hydroxyl groups is 1. The number of carbonyl (C=O) groups is 2. The predicted octanol–water partition coefficient (Wildman–Crippen LogP) is 26.3. The molecule has 6 aromatic heterocycles. The van der Waals surface area contributed by atoms with Gasteiger partial charge >= 0.3 is 0 Å². The number of nitrogens with zero attached hydrogens (tertiary/aromatic N) is 5. The summed E-state index contributed by atoms with van der Waals surface area (Å²) in [6, 6.07) is 64.1. The summed E-state index contributed by atoms with van der Waals surface area (Å²) in [7, 11) is 3.22. The van der Waals surface area contributed by atoms with E-state index in [4.69, 9.17) is 53.0 Å². The zero-order valence-corrected chi connectivity index (χ0v) is 80.2. The first-order chi connectivity index (χ1) is 64.0. The van der Waals surface area contributed by atoms with Crippen molar-refractivity contribution in [2.45, 2.75) is 169 Å². The van der Waals surface area contributed by atoms with Crippen LogP contribution in [0.2, 0.25) is 33.2 Å². The van der Waals surface area contributed by atoms with Crippen molar-refractivity contribution in [2.24, 2.45) is 0 Å². The topological polar surface area (TPSA) is 222 Å². The van der Waals surface area contributed by atoms with E-state index >= 15 is 8.78 Å². The molecule has 0 amide bonds. The van der Waals surface area contributed by atoms with Crippen LogP contribution in [0.3, 0.4) is 0 Å². The molecular weight excluding hydrogens is 1740 g/mol. The van der Waals surface area contributed by atoms with Crippen LogP contribution in [0.5, 0.6) is 57.5 Å². The molecule has 0 aliphatic carbocycles. The second-order valence-electron chi connectivity index (χ2n) is 34.0.